The molecule has 1 heterocycles. The van der Waals surface area contributed by atoms with Gasteiger partial charge in [0.05, 0.1) is 13.2 Å². The topological polar surface area (TPSA) is 21.3 Å². The molecule has 2 heteroatoms. The molecule has 0 saturated carbocycles. The van der Waals surface area contributed by atoms with Crippen LogP contribution in [0.3, 0.4) is 0 Å². The maximum atomic E-state index is 5.12. The minimum Gasteiger partial charge on any atom is -0.379 e. The molecule has 0 amide bonds. The number of morpholine rings is 1. The van der Waals surface area contributed by atoms with Crippen LogP contribution in [-0.4, -0.2) is 25.8 Å². The standard InChI is InChI=1S/C5H11NO.H2/c1-5-4-7-3-2-6-5;/h5-6H,2-4H2,1H3;1H/t5-;/m1./s1. The summed E-state index contributed by atoms with van der Waals surface area (Å²) in [5, 5.41) is 3.26. The van der Waals surface area contributed by atoms with Crippen molar-refractivity contribution in [3.8, 4) is 0 Å². The molecular weight excluding hydrogens is 90.1 g/mol. The summed E-state index contributed by atoms with van der Waals surface area (Å²) in [5.41, 5.74) is 0. The quantitative estimate of drug-likeness (QED) is 0.474. The van der Waals surface area contributed by atoms with Crippen molar-refractivity contribution in [1.29, 1.82) is 0 Å². The van der Waals surface area contributed by atoms with Crippen LogP contribution in [-0.2, 0) is 4.74 Å². The highest BCUT2D eigenvalue weighted by Gasteiger charge is 2.04. The van der Waals surface area contributed by atoms with Gasteiger partial charge in [-0.3, -0.25) is 0 Å². The van der Waals surface area contributed by atoms with Crippen molar-refractivity contribution in [3.63, 3.8) is 0 Å². The minimum atomic E-state index is 0. The first-order chi connectivity index (χ1) is 3.39. The van der Waals surface area contributed by atoms with Crippen molar-refractivity contribution < 1.29 is 6.16 Å². The van der Waals surface area contributed by atoms with Gasteiger partial charge in [-0.1, -0.05) is 0 Å². The summed E-state index contributed by atoms with van der Waals surface area (Å²) in [7, 11) is 0. The largest absolute Gasteiger partial charge is 0.379 e. The molecule has 0 spiro atoms. The lowest BCUT2D eigenvalue weighted by Gasteiger charge is -2.19. The molecule has 0 aromatic heterocycles. The summed E-state index contributed by atoms with van der Waals surface area (Å²) in [6, 6.07) is 0.564. The third kappa shape index (κ3) is 1.45. The van der Waals surface area contributed by atoms with Crippen molar-refractivity contribution >= 4 is 0 Å². The molecule has 0 aromatic carbocycles. The van der Waals surface area contributed by atoms with Crippen LogP contribution >= 0.6 is 0 Å². The molecule has 1 aliphatic heterocycles. The van der Waals surface area contributed by atoms with Crippen LogP contribution in [0, 0.1) is 0 Å². The summed E-state index contributed by atoms with van der Waals surface area (Å²) in [5.74, 6) is 0. The molecule has 1 N–H and O–H groups in total. The average molecular weight is 103 g/mol. The van der Waals surface area contributed by atoms with Crippen LogP contribution in [0.15, 0.2) is 0 Å². The minimum absolute atomic E-state index is 0. The molecule has 1 atom stereocenters. The van der Waals surface area contributed by atoms with Gasteiger partial charge in [0.1, 0.15) is 0 Å². The van der Waals surface area contributed by atoms with Gasteiger partial charge in [-0.15, -0.1) is 0 Å². The highest BCUT2D eigenvalue weighted by atomic mass is 16.5. The summed E-state index contributed by atoms with van der Waals surface area (Å²) in [6.45, 7) is 4.89. The Morgan fingerprint density at radius 3 is 3.00 bits per heavy atom. The number of nitrogens with one attached hydrogen (secondary N) is 1. The predicted molar refractivity (Wildman–Crippen MR) is 30.4 cm³/mol. The van der Waals surface area contributed by atoms with E-state index in [4.69, 9.17) is 4.74 Å². The lowest BCUT2D eigenvalue weighted by molar-refractivity contribution is 0.0824. The first-order valence-corrected chi connectivity index (χ1v) is 2.71. The Balaban J connectivity index is 0.000000490. The van der Waals surface area contributed by atoms with Gasteiger partial charge in [0, 0.05) is 14.0 Å². The van der Waals surface area contributed by atoms with E-state index in [1.807, 2.05) is 0 Å². The maximum Gasteiger partial charge on any atom is 0.0617 e. The third-order valence-electron chi connectivity index (χ3n) is 1.11. The molecular formula is C5H13NO. The Morgan fingerprint density at radius 2 is 2.71 bits per heavy atom. The van der Waals surface area contributed by atoms with Crippen LogP contribution in [0.1, 0.15) is 8.35 Å². The summed E-state index contributed by atoms with van der Waals surface area (Å²) >= 11 is 0. The molecule has 0 aromatic rings. The Kier molecular flexibility index (Phi) is 1.65. The van der Waals surface area contributed by atoms with Crippen molar-refractivity contribution in [2.24, 2.45) is 0 Å². The van der Waals surface area contributed by atoms with Crippen LogP contribution in [0.5, 0.6) is 0 Å². The van der Waals surface area contributed by atoms with E-state index in [0.29, 0.717) is 6.04 Å². The second kappa shape index (κ2) is 2.28. The van der Waals surface area contributed by atoms with E-state index in [-0.39, 0.29) is 1.43 Å². The fourth-order valence-corrected chi connectivity index (χ4v) is 0.697. The molecule has 2 nitrogen and oxygen atoms in total. The first-order valence-electron chi connectivity index (χ1n) is 2.71. The zero-order valence-corrected chi connectivity index (χ0v) is 4.61. The van der Waals surface area contributed by atoms with E-state index < -0.39 is 0 Å². The van der Waals surface area contributed by atoms with Crippen molar-refractivity contribution in [3.05, 3.63) is 0 Å². The Hall–Kier alpha value is -0.0800. The van der Waals surface area contributed by atoms with E-state index in [9.17, 15) is 0 Å². The first kappa shape index (κ1) is 5.06. The van der Waals surface area contributed by atoms with Gasteiger partial charge in [0.25, 0.3) is 0 Å². The fourth-order valence-electron chi connectivity index (χ4n) is 0.697. The number of ether oxygens (including phenoxy) is 1. The highest BCUT2D eigenvalue weighted by Crippen LogP contribution is 1.88. The fraction of sp³-hybridized carbons (Fsp3) is 1.00. The average Bonchev–Trinajstić information content (AvgIpc) is 1.69. The molecule has 44 valence electrons. The van der Waals surface area contributed by atoms with E-state index in [1.54, 1.807) is 0 Å². The van der Waals surface area contributed by atoms with Crippen LogP contribution < -0.4 is 5.32 Å². The Morgan fingerprint density at radius 1 is 1.86 bits per heavy atom. The molecule has 1 aliphatic rings. The van der Waals surface area contributed by atoms with Gasteiger partial charge in [0.2, 0.25) is 0 Å². The summed E-state index contributed by atoms with van der Waals surface area (Å²) < 4.78 is 5.12. The van der Waals surface area contributed by atoms with Crippen molar-refractivity contribution in [2.45, 2.75) is 13.0 Å². The van der Waals surface area contributed by atoms with Gasteiger partial charge < -0.3 is 10.1 Å². The smallest absolute Gasteiger partial charge is 0.0617 e. The summed E-state index contributed by atoms with van der Waals surface area (Å²) in [4.78, 5) is 0. The Labute approximate surface area is 45.3 Å². The van der Waals surface area contributed by atoms with E-state index in [0.717, 1.165) is 19.8 Å². The van der Waals surface area contributed by atoms with E-state index >= 15 is 0 Å². The van der Waals surface area contributed by atoms with Crippen molar-refractivity contribution in [2.75, 3.05) is 19.8 Å². The van der Waals surface area contributed by atoms with Gasteiger partial charge in [-0.2, -0.15) is 0 Å². The second-order valence-corrected chi connectivity index (χ2v) is 1.93. The molecule has 0 unspecified atom stereocenters. The van der Waals surface area contributed by atoms with E-state index in [1.165, 1.54) is 0 Å². The molecule has 0 aliphatic carbocycles. The number of hydrogen-bond acceptors (Lipinski definition) is 2. The van der Waals surface area contributed by atoms with Crippen LogP contribution in [0.4, 0.5) is 0 Å². The predicted octanol–water partition coefficient (Wildman–Crippen LogP) is 0.241. The number of hydrogen-bond donors (Lipinski definition) is 1. The molecule has 1 saturated heterocycles. The molecule has 0 bridgehead atoms. The van der Waals surface area contributed by atoms with Gasteiger partial charge in [-0.05, 0) is 6.92 Å². The maximum absolute atomic E-state index is 5.12. The third-order valence-corrected chi connectivity index (χ3v) is 1.11. The van der Waals surface area contributed by atoms with Crippen molar-refractivity contribution in [1.82, 2.24) is 5.32 Å². The zero-order chi connectivity index (χ0) is 5.11. The van der Waals surface area contributed by atoms with Crippen LogP contribution in [0.2, 0.25) is 0 Å². The molecule has 1 rings (SSSR count). The van der Waals surface area contributed by atoms with Gasteiger partial charge >= 0.3 is 0 Å². The molecule has 7 heavy (non-hydrogen) atoms. The van der Waals surface area contributed by atoms with Crippen LogP contribution in [0.25, 0.3) is 0 Å². The van der Waals surface area contributed by atoms with E-state index in [2.05, 4.69) is 12.2 Å². The Bertz CT molecular complexity index is 54.4. The SMILES string of the molecule is C[C@@H]1COCCN1.[HH]. The van der Waals surface area contributed by atoms with Gasteiger partial charge in [-0.25, -0.2) is 0 Å². The normalized spacial score (nSPS) is 33.0. The highest BCUT2D eigenvalue weighted by molar-refractivity contribution is 4.62. The number of rotatable bonds is 0. The lowest BCUT2D eigenvalue weighted by Crippen LogP contribution is -2.38. The molecule has 0 radical (unpaired) electrons. The zero-order valence-electron chi connectivity index (χ0n) is 4.61. The summed E-state index contributed by atoms with van der Waals surface area (Å²) in [6.07, 6.45) is 0. The molecule has 1 fully saturated rings. The van der Waals surface area contributed by atoms with Gasteiger partial charge in [0.15, 0.2) is 0 Å². The monoisotopic (exact) mass is 103 g/mol. The lowest BCUT2D eigenvalue weighted by atomic mass is 10.3. The second-order valence-electron chi connectivity index (χ2n) is 1.93.